The Morgan fingerprint density at radius 3 is 1.26 bits per heavy atom. The Morgan fingerprint density at radius 2 is 1.00 bits per heavy atom. The molecule has 0 atom stereocenters. The number of ketones is 4. The van der Waals surface area contributed by atoms with Gasteiger partial charge in [0.15, 0.2) is 11.6 Å². The molecular weight excluding hydrogens is 444 g/mol. The summed E-state index contributed by atoms with van der Waals surface area (Å²) < 4.78 is 9.01. The van der Waals surface area contributed by atoms with Crippen LogP contribution in [0.15, 0.2) is 36.7 Å². The minimum absolute atomic E-state index is 0.116. The highest BCUT2D eigenvalue weighted by molar-refractivity contribution is 6.38. The fourth-order valence-electron chi connectivity index (χ4n) is 2.33. The van der Waals surface area contributed by atoms with Crippen LogP contribution in [0.25, 0.3) is 0 Å². The highest BCUT2D eigenvalue weighted by atomic mass is 16.5. The van der Waals surface area contributed by atoms with Crippen molar-refractivity contribution in [3.8, 4) is 0 Å². The molecule has 0 radical (unpaired) electrons. The minimum atomic E-state index is -0.971. The van der Waals surface area contributed by atoms with Crippen LogP contribution in [0.1, 0.15) is 58.8 Å². The third-order valence-electron chi connectivity index (χ3n) is 4.12. The van der Waals surface area contributed by atoms with Gasteiger partial charge in [-0.3, -0.25) is 29.1 Å². The van der Waals surface area contributed by atoms with Crippen LogP contribution in [0.2, 0.25) is 0 Å². The van der Waals surface area contributed by atoms with Gasteiger partial charge < -0.3 is 9.47 Å². The number of hydrogen-bond acceptors (Lipinski definition) is 10. The van der Waals surface area contributed by atoms with Crippen molar-refractivity contribution >= 4 is 35.1 Å². The summed E-state index contributed by atoms with van der Waals surface area (Å²) in [6.07, 6.45) is 1.80. The van der Waals surface area contributed by atoms with Crippen LogP contribution in [0.4, 0.5) is 0 Å². The summed E-state index contributed by atoms with van der Waals surface area (Å²) in [6, 6.07) is 6.48. The van der Waals surface area contributed by atoms with Crippen LogP contribution < -0.4 is 0 Å². The second-order valence-electron chi connectivity index (χ2n) is 6.86. The average molecular weight is 470 g/mol. The number of carbonyl (C=O) groups excluding carboxylic acids is 6. The molecule has 0 unspecified atom stereocenters. The van der Waals surface area contributed by atoms with Crippen LogP contribution in [-0.4, -0.2) is 58.3 Å². The average Bonchev–Trinajstić information content (AvgIpc) is 2.80. The Labute approximate surface area is 196 Å². The molecule has 10 heteroatoms. The number of hydrogen-bond donors (Lipinski definition) is 0. The Balaban J connectivity index is 0.000000340. The Hall–Kier alpha value is -4.08. The van der Waals surface area contributed by atoms with Gasteiger partial charge in [-0.1, -0.05) is 0 Å². The van der Waals surface area contributed by atoms with Crippen LogP contribution in [0.3, 0.4) is 0 Å². The van der Waals surface area contributed by atoms with E-state index in [4.69, 9.17) is 0 Å². The van der Waals surface area contributed by atoms with Crippen LogP contribution in [0, 0.1) is 13.8 Å². The van der Waals surface area contributed by atoms with E-state index in [0.717, 1.165) is 11.4 Å². The summed E-state index contributed by atoms with van der Waals surface area (Å²) in [5.41, 5.74) is 2.18. The summed E-state index contributed by atoms with van der Waals surface area (Å²) in [4.78, 5) is 75.7. The van der Waals surface area contributed by atoms with E-state index in [0.29, 0.717) is 11.1 Å². The highest BCUT2D eigenvalue weighted by Crippen LogP contribution is 2.05. The molecule has 2 aromatic heterocycles. The summed E-state index contributed by atoms with van der Waals surface area (Å²) in [5.74, 6) is -4.48. The molecule has 2 rings (SSSR count). The summed E-state index contributed by atoms with van der Waals surface area (Å²) in [5, 5.41) is 0. The molecule has 0 aliphatic rings. The van der Waals surface area contributed by atoms with Gasteiger partial charge in [0.25, 0.3) is 0 Å². The molecule has 0 aliphatic carbocycles. The second-order valence-corrected chi connectivity index (χ2v) is 6.86. The SMILES string of the molecule is CCOC(=O)C(=O)CC(=O)c1ccc(C)nc1.CCOC(=O)C(=O)CC(=O)c1ccc(C)nc1. The van der Waals surface area contributed by atoms with Crippen LogP contribution in [0.5, 0.6) is 0 Å². The topological polar surface area (TPSA) is 147 Å². The lowest BCUT2D eigenvalue weighted by molar-refractivity contribution is -0.153. The normalized spacial score (nSPS) is 9.76. The maximum Gasteiger partial charge on any atom is 0.375 e. The maximum absolute atomic E-state index is 11.6. The van der Waals surface area contributed by atoms with Crippen molar-refractivity contribution < 1.29 is 38.2 Å². The molecule has 0 amide bonds. The number of carbonyl (C=O) groups is 6. The molecule has 0 aromatic carbocycles. The lowest BCUT2D eigenvalue weighted by atomic mass is 10.1. The molecule has 0 bridgehead atoms. The van der Waals surface area contributed by atoms with Crippen LogP contribution >= 0.6 is 0 Å². The van der Waals surface area contributed by atoms with Crippen molar-refractivity contribution in [1.82, 2.24) is 9.97 Å². The molecule has 0 saturated heterocycles. The first-order valence-corrected chi connectivity index (χ1v) is 10.4. The van der Waals surface area contributed by atoms with Gasteiger partial charge >= 0.3 is 11.9 Å². The third kappa shape index (κ3) is 9.60. The molecule has 2 aromatic rings. The zero-order valence-corrected chi connectivity index (χ0v) is 19.5. The monoisotopic (exact) mass is 470 g/mol. The Kier molecular flexibility index (Phi) is 11.6. The van der Waals surface area contributed by atoms with Gasteiger partial charge in [0, 0.05) is 34.9 Å². The van der Waals surface area contributed by atoms with Gasteiger partial charge in [0.05, 0.1) is 26.1 Å². The predicted molar refractivity (Wildman–Crippen MR) is 119 cm³/mol. The Morgan fingerprint density at radius 1 is 0.647 bits per heavy atom. The molecule has 0 N–H and O–H groups in total. The van der Waals surface area contributed by atoms with Gasteiger partial charge in [0.2, 0.25) is 11.6 Å². The fraction of sp³-hybridized carbons (Fsp3) is 0.333. The quantitative estimate of drug-likeness (QED) is 0.219. The number of aromatic nitrogens is 2. The first-order valence-electron chi connectivity index (χ1n) is 10.4. The molecule has 0 aliphatic heterocycles. The fourth-order valence-corrected chi connectivity index (χ4v) is 2.33. The van der Waals surface area contributed by atoms with E-state index in [2.05, 4.69) is 19.4 Å². The number of aryl methyl sites for hydroxylation is 2. The van der Waals surface area contributed by atoms with Crippen molar-refractivity contribution in [3.63, 3.8) is 0 Å². The minimum Gasteiger partial charge on any atom is -0.460 e. The number of ether oxygens (including phenoxy) is 2. The van der Waals surface area contributed by atoms with Crippen LogP contribution in [-0.2, 0) is 28.7 Å². The van der Waals surface area contributed by atoms with Gasteiger partial charge in [0.1, 0.15) is 0 Å². The molecule has 0 saturated carbocycles. The number of rotatable bonds is 10. The number of nitrogens with zero attached hydrogens (tertiary/aromatic N) is 2. The van der Waals surface area contributed by atoms with E-state index in [-0.39, 0.29) is 13.2 Å². The van der Waals surface area contributed by atoms with E-state index >= 15 is 0 Å². The molecule has 180 valence electrons. The molecule has 2 heterocycles. The van der Waals surface area contributed by atoms with Gasteiger partial charge in [-0.15, -0.1) is 0 Å². The van der Waals surface area contributed by atoms with Gasteiger partial charge in [-0.05, 0) is 52.0 Å². The molecule has 10 nitrogen and oxygen atoms in total. The first kappa shape index (κ1) is 28.0. The summed E-state index contributed by atoms with van der Waals surface area (Å²) >= 11 is 0. The third-order valence-corrected chi connectivity index (χ3v) is 4.12. The van der Waals surface area contributed by atoms with Gasteiger partial charge in [-0.25, -0.2) is 9.59 Å². The standard InChI is InChI=1S/2C12H13NO4/c2*1-3-17-12(16)11(15)6-10(14)9-5-4-8(2)13-7-9/h2*4-5,7H,3,6H2,1-2H3. The lowest BCUT2D eigenvalue weighted by Crippen LogP contribution is -2.20. The molecule has 0 spiro atoms. The van der Waals surface area contributed by atoms with Crippen molar-refractivity contribution in [2.75, 3.05) is 13.2 Å². The summed E-state index contributed by atoms with van der Waals surface area (Å²) in [7, 11) is 0. The van der Waals surface area contributed by atoms with E-state index in [1.807, 2.05) is 0 Å². The predicted octanol–water partition coefficient (Wildman–Crippen LogP) is 2.19. The maximum atomic E-state index is 11.6. The highest BCUT2D eigenvalue weighted by Gasteiger charge is 2.20. The number of esters is 2. The van der Waals surface area contributed by atoms with Crippen molar-refractivity contribution in [2.45, 2.75) is 40.5 Å². The van der Waals surface area contributed by atoms with Crippen molar-refractivity contribution in [2.24, 2.45) is 0 Å². The largest absolute Gasteiger partial charge is 0.460 e. The Bertz CT molecular complexity index is 958. The smallest absolute Gasteiger partial charge is 0.375 e. The zero-order chi connectivity index (χ0) is 25.7. The summed E-state index contributed by atoms with van der Waals surface area (Å²) in [6.45, 7) is 7.00. The van der Waals surface area contributed by atoms with E-state index in [1.54, 1.807) is 52.0 Å². The van der Waals surface area contributed by atoms with Crippen molar-refractivity contribution in [1.29, 1.82) is 0 Å². The lowest BCUT2D eigenvalue weighted by Gasteiger charge is -2.01. The zero-order valence-electron chi connectivity index (χ0n) is 19.5. The molecular formula is C24H26N2O8. The second kappa shape index (κ2) is 14.1. The number of pyridine rings is 2. The van der Waals surface area contributed by atoms with E-state index < -0.39 is 47.9 Å². The molecule has 0 fully saturated rings. The van der Waals surface area contributed by atoms with E-state index in [1.165, 1.54) is 12.4 Å². The van der Waals surface area contributed by atoms with Gasteiger partial charge in [-0.2, -0.15) is 0 Å². The van der Waals surface area contributed by atoms with E-state index in [9.17, 15) is 28.8 Å². The first-order chi connectivity index (χ1) is 16.1. The number of Topliss-reactive ketones (excluding diaryl/α,β-unsaturated/α-hetero) is 4. The van der Waals surface area contributed by atoms with Crippen molar-refractivity contribution in [3.05, 3.63) is 59.2 Å². The molecule has 34 heavy (non-hydrogen) atoms.